The first-order valence-electron chi connectivity index (χ1n) is 6.51. The highest BCUT2D eigenvalue weighted by Crippen LogP contribution is 2.33. The summed E-state index contributed by atoms with van der Waals surface area (Å²) in [6.45, 7) is 0.00433. The van der Waals surface area contributed by atoms with Crippen LogP contribution < -0.4 is 9.47 Å². The number of benzene rings is 2. The summed E-state index contributed by atoms with van der Waals surface area (Å²) in [6.07, 6.45) is -4.65. The van der Waals surface area contributed by atoms with E-state index in [0.29, 0.717) is 17.4 Å². The number of hydrogen-bond donors (Lipinski definition) is 1. The maximum atomic E-state index is 12.8. The number of halogens is 3. The monoisotopic (exact) mass is 326 g/mol. The van der Waals surface area contributed by atoms with E-state index < -0.39 is 23.3 Å². The molecule has 7 heteroatoms. The number of methoxy groups -OCH3 is 1. The molecule has 122 valence electrons. The van der Waals surface area contributed by atoms with Crippen molar-refractivity contribution in [2.24, 2.45) is 0 Å². The number of carboxylic acids is 1. The van der Waals surface area contributed by atoms with Gasteiger partial charge in [0.25, 0.3) is 0 Å². The van der Waals surface area contributed by atoms with Gasteiger partial charge in [0.05, 0.1) is 18.2 Å². The van der Waals surface area contributed by atoms with Gasteiger partial charge in [-0.1, -0.05) is 12.1 Å². The predicted molar refractivity (Wildman–Crippen MR) is 75.7 cm³/mol. The predicted octanol–water partition coefficient (Wildman–Crippen LogP) is 3.99. The zero-order valence-electron chi connectivity index (χ0n) is 12.1. The van der Waals surface area contributed by atoms with Crippen molar-refractivity contribution in [2.75, 3.05) is 7.11 Å². The quantitative estimate of drug-likeness (QED) is 0.902. The van der Waals surface area contributed by atoms with Gasteiger partial charge in [-0.3, -0.25) is 0 Å². The average molecular weight is 326 g/mol. The number of alkyl halides is 3. The number of carboxylic acid groups (broad SMARTS) is 1. The number of ether oxygens (including phenoxy) is 2. The fourth-order valence-corrected chi connectivity index (χ4v) is 1.86. The zero-order valence-corrected chi connectivity index (χ0v) is 12.1. The van der Waals surface area contributed by atoms with Crippen molar-refractivity contribution >= 4 is 5.97 Å². The van der Waals surface area contributed by atoms with E-state index in [1.807, 2.05) is 0 Å². The first kappa shape index (κ1) is 16.7. The fraction of sp³-hybridized carbons (Fsp3) is 0.188. The molecular formula is C16H13F3O4. The highest BCUT2D eigenvalue weighted by molar-refractivity contribution is 5.88. The van der Waals surface area contributed by atoms with Gasteiger partial charge in [-0.05, 0) is 35.9 Å². The highest BCUT2D eigenvalue weighted by Gasteiger charge is 2.32. The Morgan fingerprint density at radius 1 is 1.09 bits per heavy atom. The van der Waals surface area contributed by atoms with Crippen molar-refractivity contribution in [1.82, 2.24) is 0 Å². The molecule has 0 saturated heterocycles. The van der Waals surface area contributed by atoms with E-state index in [1.54, 1.807) is 24.3 Å². The summed E-state index contributed by atoms with van der Waals surface area (Å²) in [5, 5.41) is 8.91. The molecule has 0 aliphatic heterocycles. The molecule has 0 aliphatic carbocycles. The van der Waals surface area contributed by atoms with Gasteiger partial charge in [-0.15, -0.1) is 0 Å². The lowest BCUT2D eigenvalue weighted by Gasteiger charge is -2.12. The van der Waals surface area contributed by atoms with E-state index in [-0.39, 0.29) is 12.4 Å². The first-order chi connectivity index (χ1) is 10.8. The van der Waals surface area contributed by atoms with E-state index in [2.05, 4.69) is 0 Å². The molecule has 0 radical (unpaired) electrons. The van der Waals surface area contributed by atoms with Crippen LogP contribution in [0.1, 0.15) is 21.5 Å². The molecular weight excluding hydrogens is 313 g/mol. The van der Waals surface area contributed by atoms with Crippen LogP contribution in [-0.4, -0.2) is 18.2 Å². The summed E-state index contributed by atoms with van der Waals surface area (Å²) in [5.41, 5.74) is -0.841. The number of aromatic carboxylic acids is 1. The van der Waals surface area contributed by atoms with Crippen molar-refractivity contribution in [3.63, 3.8) is 0 Å². The Labute approximate surface area is 130 Å². The molecule has 0 spiro atoms. The topological polar surface area (TPSA) is 55.8 Å². The minimum atomic E-state index is -4.65. The van der Waals surface area contributed by atoms with E-state index >= 15 is 0 Å². The maximum Gasteiger partial charge on any atom is 0.416 e. The molecule has 0 amide bonds. The van der Waals surface area contributed by atoms with E-state index in [4.69, 9.17) is 14.6 Å². The summed E-state index contributed by atoms with van der Waals surface area (Å²) in [4.78, 5) is 10.9. The summed E-state index contributed by atoms with van der Waals surface area (Å²) >= 11 is 0. The van der Waals surface area contributed by atoms with Crippen LogP contribution in [0.4, 0.5) is 13.2 Å². The molecule has 0 unspecified atom stereocenters. The second-order valence-electron chi connectivity index (χ2n) is 4.69. The summed E-state index contributed by atoms with van der Waals surface area (Å²) in [6, 6.07) is 9.18. The lowest BCUT2D eigenvalue weighted by Crippen LogP contribution is -2.08. The van der Waals surface area contributed by atoms with Gasteiger partial charge in [0.15, 0.2) is 0 Å². The zero-order chi connectivity index (χ0) is 17.0. The van der Waals surface area contributed by atoms with Gasteiger partial charge in [-0.25, -0.2) is 4.79 Å². The van der Waals surface area contributed by atoms with E-state index in [9.17, 15) is 18.0 Å². The van der Waals surface area contributed by atoms with Crippen molar-refractivity contribution in [1.29, 1.82) is 0 Å². The second kappa shape index (κ2) is 6.60. The molecule has 0 atom stereocenters. The lowest BCUT2D eigenvalue weighted by molar-refractivity contribution is -0.137. The second-order valence-corrected chi connectivity index (χ2v) is 4.69. The Morgan fingerprint density at radius 3 is 2.26 bits per heavy atom. The maximum absolute atomic E-state index is 12.8. The molecule has 23 heavy (non-hydrogen) atoms. The van der Waals surface area contributed by atoms with Crippen molar-refractivity contribution < 1.29 is 32.5 Å². The molecule has 2 aromatic carbocycles. The molecule has 1 N–H and O–H groups in total. The number of carbonyl (C=O) groups is 1. The first-order valence-corrected chi connectivity index (χ1v) is 6.51. The smallest absolute Gasteiger partial charge is 0.416 e. The third-order valence-electron chi connectivity index (χ3n) is 3.05. The Hall–Kier alpha value is -2.70. The minimum Gasteiger partial charge on any atom is -0.497 e. The van der Waals surface area contributed by atoms with Gasteiger partial charge in [0.1, 0.15) is 18.1 Å². The molecule has 2 rings (SSSR count). The normalized spacial score (nSPS) is 11.1. The molecule has 0 fully saturated rings. The van der Waals surface area contributed by atoms with Crippen LogP contribution in [0.5, 0.6) is 11.5 Å². The molecule has 0 aromatic heterocycles. The number of rotatable bonds is 5. The van der Waals surface area contributed by atoms with Crippen molar-refractivity contribution in [3.8, 4) is 11.5 Å². The van der Waals surface area contributed by atoms with E-state index in [0.717, 1.165) is 12.1 Å². The standard InChI is InChI=1S/C16H13F3O4/c1-22-13-4-2-10(3-5-13)9-23-14-7-11(15(20)21)6-12(8-14)16(17,18)19/h2-8H,9H2,1H3,(H,20,21). The van der Waals surface area contributed by atoms with Crippen LogP contribution in [0.3, 0.4) is 0 Å². The largest absolute Gasteiger partial charge is 0.497 e. The molecule has 0 aliphatic rings. The lowest BCUT2D eigenvalue weighted by atomic mass is 10.1. The minimum absolute atomic E-state index is 0.00433. The van der Waals surface area contributed by atoms with Gasteiger partial charge in [-0.2, -0.15) is 13.2 Å². The summed E-state index contributed by atoms with van der Waals surface area (Å²) in [7, 11) is 1.52. The van der Waals surface area contributed by atoms with Crippen LogP contribution in [0.2, 0.25) is 0 Å². The third kappa shape index (κ3) is 4.38. The molecule has 0 saturated carbocycles. The Kier molecular flexibility index (Phi) is 4.78. The Morgan fingerprint density at radius 2 is 1.74 bits per heavy atom. The molecule has 4 nitrogen and oxygen atoms in total. The fourth-order valence-electron chi connectivity index (χ4n) is 1.86. The number of hydrogen-bond acceptors (Lipinski definition) is 3. The molecule has 0 bridgehead atoms. The third-order valence-corrected chi connectivity index (χ3v) is 3.05. The van der Waals surface area contributed by atoms with Crippen molar-refractivity contribution in [3.05, 3.63) is 59.2 Å². The van der Waals surface area contributed by atoms with E-state index in [1.165, 1.54) is 7.11 Å². The SMILES string of the molecule is COc1ccc(COc2cc(C(=O)O)cc(C(F)(F)F)c2)cc1. The molecule has 2 aromatic rings. The molecule has 0 heterocycles. The van der Waals surface area contributed by atoms with Gasteiger partial charge >= 0.3 is 12.1 Å². The van der Waals surface area contributed by atoms with Crippen molar-refractivity contribution in [2.45, 2.75) is 12.8 Å². The Bertz CT molecular complexity index is 693. The highest BCUT2D eigenvalue weighted by atomic mass is 19.4. The van der Waals surface area contributed by atoms with Gasteiger partial charge < -0.3 is 14.6 Å². The van der Waals surface area contributed by atoms with Crippen LogP contribution in [-0.2, 0) is 12.8 Å². The summed E-state index contributed by atoms with van der Waals surface area (Å²) < 4.78 is 48.7. The van der Waals surface area contributed by atoms with Crippen LogP contribution in [0.15, 0.2) is 42.5 Å². The Balaban J connectivity index is 2.20. The average Bonchev–Trinajstić information content (AvgIpc) is 2.52. The van der Waals surface area contributed by atoms with Crippen LogP contribution in [0.25, 0.3) is 0 Å². The van der Waals surface area contributed by atoms with Gasteiger partial charge in [0, 0.05) is 0 Å². The summed E-state index contributed by atoms with van der Waals surface area (Å²) in [5.74, 6) is -0.973. The van der Waals surface area contributed by atoms with Crippen LogP contribution >= 0.6 is 0 Å². The van der Waals surface area contributed by atoms with Crippen LogP contribution in [0, 0.1) is 0 Å². The van der Waals surface area contributed by atoms with Gasteiger partial charge in [0.2, 0.25) is 0 Å².